The van der Waals surface area contributed by atoms with Gasteiger partial charge >= 0.3 is 0 Å². The van der Waals surface area contributed by atoms with Crippen LogP contribution in [0.25, 0.3) is 11.4 Å². The minimum absolute atomic E-state index is 0.586. The van der Waals surface area contributed by atoms with Crippen LogP contribution in [0.3, 0.4) is 0 Å². The molecule has 2 aromatic heterocycles. The first-order valence-corrected chi connectivity index (χ1v) is 5.50. The molecule has 0 aromatic carbocycles. The van der Waals surface area contributed by atoms with Crippen LogP contribution in [0.2, 0.25) is 0 Å². The summed E-state index contributed by atoms with van der Waals surface area (Å²) in [6.45, 7) is 1.92. The number of rotatable bonds is 2. The molecule has 6 nitrogen and oxygen atoms in total. The molecule has 2 rings (SSSR count). The Balaban J connectivity index is 2.60. The highest BCUT2D eigenvalue weighted by Crippen LogP contribution is 2.24. The predicted octanol–water partition coefficient (Wildman–Crippen LogP) is 1.38. The molecule has 16 heavy (non-hydrogen) atoms. The molecule has 0 radical (unpaired) electrons. The first-order chi connectivity index (χ1) is 7.61. The molecule has 0 saturated carbocycles. The lowest BCUT2D eigenvalue weighted by molar-refractivity contribution is 0.718. The van der Waals surface area contributed by atoms with Gasteiger partial charge in [-0.15, -0.1) is 5.10 Å². The summed E-state index contributed by atoms with van der Waals surface area (Å²) in [6, 6.07) is 1.89. The van der Waals surface area contributed by atoms with Gasteiger partial charge in [0, 0.05) is 19.8 Å². The van der Waals surface area contributed by atoms with Crippen molar-refractivity contribution >= 4 is 21.9 Å². The maximum Gasteiger partial charge on any atom is 0.223 e. The monoisotopic (exact) mass is 282 g/mol. The fourth-order valence-electron chi connectivity index (χ4n) is 1.41. The van der Waals surface area contributed by atoms with Crippen LogP contribution in [0.15, 0.2) is 10.7 Å². The van der Waals surface area contributed by atoms with Gasteiger partial charge in [-0.25, -0.2) is 14.6 Å². The lowest BCUT2D eigenvalue weighted by Gasteiger charge is -2.05. The third kappa shape index (κ3) is 1.90. The van der Waals surface area contributed by atoms with Crippen molar-refractivity contribution in [3.8, 4) is 11.4 Å². The Kier molecular flexibility index (Phi) is 2.86. The Morgan fingerprint density at radius 3 is 2.69 bits per heavy atom. The summed E-state index contributed by atoms with van der Waals surface area (Å²) >= 11 is 3.35. The smallest absolute Gasteiger partial charge is 0.223 e. The van der Waals surface area contributed by atoms with Crippen molar-refractivity contribution in [2.45, 2.75) is 6.92 Å². The third-order valence-electron chi connectivity index (χ3n) is 2.11. The number of hydrogen-bond donors (Lipinski definition) is 1. The third-order valence-corrected chi connectivity index (χ3v) is 2.64. The van der Waals surface area contributed by atoms with Crippen LogP contribution in [0.1, 0.15) is 5.69 Å². The van der Waals surface area contributed by atoms with Crippen LogP contribution in [0, 0.1) is 6.92 Å². The summed E-state index contributed by atoms with van der Waals surface area (Å²) in [4.78, 5) is 8.60. The molecule has 2 heterocycles. The largest absolute Gasteiger partial charge is 0.357 e. The zero-order chi connectivity index (χ0) is 11.7. The number of halogens is 1. The maximum atomic E-state index is 4.36. The van der Waals surface area contributed by atoms with Crippen molar-refractivity contribution in [1.29, 1.82) is 0 Å². The van der Waals surface area contributed by atoms with Crippen molar-refractivity contribution in [1.82, 2.24) is 25.0 Å². The zero-order valence-corrected chi connectivity index (χ0v) is 10.8. The molecule has 0 atom stereocenters. The van der Waals surface area contributed by atoms with Crippen molar-refractivity contribution < 1.29 is 0 Å². The molecule has 0 aliphatic carbocycles. The van der Waals surface area contributed by atoms with Crippen molar-refractivity contribution in [2.24, 2.45) is 7.05 Å². The molecular weight excluding hydrogens is 272 g/mol. The summed E-state index contributed by atoms with van der Waals surface area (Å²) < 4.78 is 2.35. The van der Waals surface area contributed by atoms with E-state index in [0.29, 0.717) is 10.6 Å². The van der Waals surface area contributed by atoms with Crippen molar-refractivity contribution in [3.63, 3.8) is 0 Å². The van der Waals surface area contributed by atoms with E-state index in [2.05, 4.69) is 41.5 Å². The Labute approximate surface area is 101 Å². The lowest BCUT2D eigenvalue weighted by atomic mass is 10.3. The summed E-state index contributed by atoms with van der Waals surface area (Å²) in [5.41, 5.74) is 2.51. The highest BCUT2D eigenvalue weighted by Gasteiger charge is 2.13. The molecule has 1 N–H and O–H groups in total. The lowest BCUT2D eigenvalue weighted by Crippen LogP contribution is -2.02. The molecule has 0 fully saturated rings. The molecule has 0 bridgehead atoms. The van der Waals surface area contributed by atoms with Crippen LogP contribution in [-0.4, -0.2) is 32.0 Å². The Hall–Kier alpha value is -1.50. The summed E-state index contributed by atoms with van der Waals surface area (Å²) in [6.07, 6.45) is 0. The molecule has 7 heteroatoms. The number of nitrogens with zero attached hydrogens (tertiary/aromatic N) is 5. The molecule has 0 saturated heterocycles. The Morgan fingerprint density at radius 2 is 2.12 bits per heavy atom. The quantitative estimate of drug-likeness (QED) is 0.901. The Morgan fingerprint density at radius 1 is 1.38 bits per heavy atom. The number of aryl methyl sites for hydroxylation is 2. The Bertz CT molecular complexity index is 501. The summed E-state index contributed by atoms with van der Waals surface area (Å²) in [5.74, 6) is 0.586. The highest BCUT2D eigenvalue weighted by atomic mass is 79.9. The van der Waals surface area contributed by atoms with E-state index < -0.39 is 0 Å². The van der Waals surface area contributed by atoms with E-state index >= 15 is 0 Å². The molecule has 0 aliphatic rings. The van der Waals surface area contributed by atoms with E-state index in [1.807, 2.05) is 20.0 Å². The van der Waals surface area contributed by atoms with Gasteiger partial charge in [-0.2, -0.15) is 0 Å². The van der Waals surface area contributed by atoms with Gasteiger partial charge in [-0.3, -0.25) is 0 Å². The van der Waals surface area contributed by atoms with Gasteiger partial charge < -0.3 is 5.32 Å². The number of anilines is 1. The topological polar surface area (TPSA) is 68.5 Å². The van der Waals surface area contributed by atoms with E-state index in [9.17, 15) is 0 Å². The molecule has 0 spiro atoms. The van der Waals surface area contributed by atoms with Gasteiger partial charge in [0.1, 0.15) is 5.69 Å². The van der Waals surface area contributed by atoms with E-state index in [1.165, 1.54) is 0 Å². The van der Waals surface area contributed by atoms with Crippen LogP contribution in [0.5, 0.6) is 0 Å². The average Bonchev–Trinajstić information content (AvgIpc) is 2.57. The minimum Gasteiger partial charge on any atom is -0.357 e. The minimum atomic E-state index is 0.586. The van der Waals surface area contributed by atoms with Crippen LogP contribution >= 0.6 is 15.9 Å². The fraction of sp³-hybridized carbons (Fsp3) is 0.333. The predicted molar refractivity (Wildman–Crippen MR) is 64.0 cm³/mol. The van der Waals surface area contributed by atoms with Crippen LogP contribution in [-0.2, 0) is 7.05 Å². The molecule has 0 amide bonds. The standard InChI is InChI=1S/C9H11BrN6/c1-5-4-6(13-9(11-2)12-5)7-8(10)14-15-16(7)3/h4H,1-3H3,(H,11,12,13). The van der Waals surface area contributed by atoms with Gasteiger partial charge in [-0.05, 0) is 28.9 Å². The van der Waals surface area contributed by atoms with Crippen molar-refractivity contribution in [3.05, 3.63) is 16.4 Å². The van der Waals surface area contributed by atoms with Crippen LogP contribution in [0.4, 0.5) is 5.95 Å². The second-order valence-electron chi connectivity index (χ2n) is 3.32. The number of nitrogens with one attached hydrogen (secondary N) is 1. The first-order valence-electron chi connectivity index (χ1n) is 4.71. The van der Waals surface area contributed by atoms with Crippen molar-refractivity contribution in [2.75, 3.05) is 12.4 Å². The molecule has 84 valence electrons. The van der Waals surface area contributed by atoms with Gasteiger partial charge in [0.2, 0.25) is 5.95 Å². The summed E-state index contributed by atoms with van der Waals surface area (Å²) in [5, 5.41) is 10.8. The number of aromatic nitrogens is 5. The second kappa shape index (κ2) is 4.17. The molecule has 0 aliphatic heterocycles. The zero-order valence-electron chi connectivity index (χ0n) is 9.19. The number of hydrogen-bond acceptors (Lipinski definition) is 5. The average molecular weight is 283 g/mol. The molecule has 0 unspecified atom stereocenters. The summed E-state index contributed by atoms with van der Waals surface area (Å²) in [7, 11) is 3.61. The first kappa shape index (κ1) is 11.0. The fourth-order valence-corrected chi connectivity index (χ4v) is 1.94. The van der Waals surface area contributed by atoms with E-state index in [1.54, 1.807) is 11.7 Å². The molecular formula is C9H11BrN6. The highest BCUT2D eigenvalue weighted by molar-refractivity contribution is 9.10. The van der Waals surface area contributed by atoms with Gasteiger partial charge in [0.05, 0.1) is 5.69 Å². The van der Waals surface area contributed by atoms with E-state index in [-0.39, 0.29) is 0 Å². The van der Waals surface area contributed by atoms with Gasteiger partial charge in [-0.1, -0.05) is 5.21 Å². The maximum absolute atomic E-state index is 4.36. The van der Waals surface area contributed by atoms with Gasteiger partial charge in [0.25, 0.3) is 0 Å². The van der Waals surface area contributed by atoms with Gasteiger partial charge in [0.15, 0.2) is 4.60 Å². The van der Waals surface area contributed by atoms with E-state index in [0.717, 1.165) is 17.1 Å². The van der Waals surface area contributed by atoms with Crippen LogP contribution < -0.4 is 5.32 Å². The molecule has 2 aromatic rings. The van der Waals surface area contributed by atoms with E-state index in [4.69, 9.17) is 0 Å². The SMILES string of the molecule is CNc1nc(C)cc(-c2c(Br)nnn2C)n1. The second-order valence-corrected chi connectivity index (χ2v) is 4.07. The normalized spacial score (nSPS) is 10.5.